The molecule has 5 rings (SSSR count). The van der Waals surface area contributed by atoms with Gasteiger partial charge in [-0.15, -0.1) is 0 Å². The summed E-state index contributed by atoms with van der Waals surface area (Å²) in [7, 11) is 5.29. The molecule has 2 atom stereocenters. The summed E-state index contributed by atoms with van der Waals surface area (Å²) in [6.07, 6.45) is 1.43. The maximum Gasteiger partial charge on any atom is 0.496 e. The summed E-state index contributed by atoms with van der Waals surface area (Å²) >= 11 is 7.00. The molecule has 0 unspecified atom stereocenters. The standard InChI is InChI=1S/C26H38BClFN5O4/c1-25(2)26(3,4)38-27(37-25)18-11-19-21-23(22(18)28)30-15-31-24(21)34(9-8-32(5)6)13-20(36-19)35-14-17-10-16(29)12-33(17)7/h11,13,16-17,30H,8-10,12,14-15H2,1-7H3/t16-,17+/m1/s1. The van der Waals surface area contributed by atoms with Crippen molar-refractivity contribution in [3.05, 3.63) is 28.8 Å². The van der Waals surface area contributed by atoms with Crippen molar-refractivity contribution in [2.75, 3.05) is 59.4 Å². The molecule has 12 heteroatoms. The number of anilines is 1. The number of hydrogen-bond donors (Lipinski definition) is 1. The Kier molecular flexibility index (Phi) is 7.36. The summed E-state index contributed by atoms with van der Waals surface area (Å²) in [4.78, 5) is 10.9. The fourth-order valence-corrected chi connectivity index (χ4v) is 5.33. The Bertz CT molecular complexity index is 1130. The van der Waals surface area contributed by atoms with Gasteiger partial charge in [-0.25, -0.2) is 9.38 Å². The third-order valence-corrected chi connectivity index (χ3v) is 8.47. The minimum absolute atomic E-state index is 0.0287. The number of nitrogens with zero attached hydrogens (tertiary/aromatic N) is 4. The lowest BCUT2D eigenvalue weighted by molar-refractivity contribution is 0.00578. The van der Waals surface area contributed by atoms with Gasteiger partial charge in [0.25, 0.3) is 0 Å². The van der Waals surface area contributed by atoms with Crippen molar-refractivity contribution in [2.45, 2.75) is 57.5 Å². The average Bonchev–Trinajstić information content (AvgIpc) is 3.20. The molecule has 0 amide bonds. The average molecular weight is 550 g/mol. The van der Waals surface area contributed by atoms with Crippen molar-refractivity contribution in [1.29, 1.82) is 0 Å². The van der Waals surface area contributed by atoms with Crippen LogP contribution in [0.25, 0.3) is 0 Å². The molecule has 1 aromatic rings. The van der Waals surface area contributed by atoms with E-state index in [1.165, 1.54) is 0 Å². The Hall–Kier alpha value is -2.05. The van der Waals surface area contributed by atoms with Crippen LogP contribution in [-0.2, 0) is 14.0 Å². The van der Waals surface area contributed by atoms with Crippen LogP contribution in [0.4, 0.5) is 10.1 Å². The number of likely N-dealkylation sites (tertiary alicyclic amines) is 1. The second kappa shape index (κ2) is 10.2. The van der Waals surface area contributed by atoms with E-state index in [-0.39, 0.29) is 6.04 Å². The highest BCUT2D eigenvalue weighted by atomic mass is 35.5. The van der Waals surface area contributed by atoms with Crippen LogP contribution in [-0.4, -0.2) is 105 Å². The topological polar surface area (TPSA) is 71.0 Å². The zero-order valence-corrected chi connectivity index (χ0v) is 24.1. The normalized spacial score (nSPS) is 25.9. The monoisotopic (exact) mass is 549 g/mol. The number of rotatable bonds is 7. The number of nitrogens with one attached hydrogen (secondary N) is 1. The lowest BCUT2D eigenvalue weighted by atomic mass is 9.77. The van der Waals surface area contributed by atoms with Crippen molar-refractivity contribution < 1.29 is 23.2 Å². The van der Waals surface area contributed by atoms with E-state index < -0.39 is 24.5 Å². The Morgan fingerprint density at radius 3 is 2.61 bits per heavy atom. The van der Waals surface area contributed by atoms with Gasteiger partial charge in [-0.05, 0) is 61.3 Å². The zero-order valence-electron chi connectivity index (χ0n) is 23.3. The highest BCUT2D eigenvalue weighted by molar-refractivity contribution is 6.66. The van der Waals surface area contributed by atoms with Crippen LogP contribution in [0, 0.1) is 0 Å². The van der Waals surface area contributed by atoms with Crippen molar-refractivity contribution in [2.24, 2.45) is 4.99 Å². The van der Waals surface area contributed by atoms with Crippen LogP contribution in [0.2, 0.25) is 5.02 Å². The quantitative estimate of drug-likeness (QED) is 0.521. The molecule has 4 heterocycles. The second-order valence-corrected chi connectivity index (χ2v) is 12.1. The molecular weight excluding hydrogens is 512 g/mol. The van der Waals surface area contributed by atoms with Gasteiger partial charge in [-0.1, -0.05) is 11.6 Å². The van der Waals surface area contributed by atoms with Crippen LogP contribution >= 0.6 is 11.6 Å². The first kappa shape index (κ1) is 27.5. The van der Waals surface area contributed by atoms with E-state index in [4.69, 9.17) is 35.4 Å². The van der Waals surface area contributed by atoms with Crippen molar-refractivity contribution >= 4 is 35.7 Å². The van der Waals surface area contributed by atoms with Gasteiger partial charge in [0.2, 0.25) is 0 Å². The van der Waals surface area contributed by atoms with Gasteiger partial charge in [0.05, 0.1) is 33.7 Å². The number of amidine groups is 1. The highest BCUT2D eigenvalue weighted by Gasteiger charge is 2.53. The summed E-state index contributed by atoms with van der Waals surface area (Å²) in [6, 6.07) is 1.83. The number of halogens is 2. The second-order valence-electron chi connectivity index (χ2n) is 11.7. The number of benzene rings is 1. The maximum absolute atomic E-state index is 14.0. The van der Waals surface area contributed by atoms with Crippen LogP contribution < -0.4 is 15.5 Å². The lowest BCUT2D eigenvalue weighted by Crippen LogP contribution is -2.41. The van der Waals surface area contributed by atoms with Gasteiger partial charge in [-0.2, -0.15) is 0 Å². The number of ether oxygens (including phenoxy) is 2. The molecule has 4 aliphatic heterocycles. The first-order valence-electron chi connectivity index (χ1n) is 13.1. The molecule has 0 bridgehead atoms. The Morgan fingerprint density at radius 1 is 1.26 bits per heavy atom. The smallest absolute Gasteiger partial charge is 0.462 e. The number of likely N-dealkylation sites (N-methyl/N-ethyl adjacent to an activating group) is 2. The van der Waals surface area contributed by atoms with Crippen LogP contribution in [0.5, 0.6) is 5.75 Å². The maximum atomic E-state index is 14.0. The van der Waals surface area contributed by atoms with Crippen LogP contribution in [0.1, 0.15) is 39.7 Å². The molecular formula is C26H38BClFN5O4. The largest absolute Gasteiger partial charge is 0.496 e. The fourth-order valence-electron chi connectivity index (χ4n) is 5.02. The van der Waals surface area contributed by atoms with Gasteiger partial charge in [0.1, 0.15) is 31.0 Å². The first-order chi connectivity index (χ1) is 17.9. The molecule has 0 radical (unpaired) electrons. The van der Waals surface area contributed by atoms with Gasteiger partial charge in [-0.3, -0.25) is 4.90 Å². The predicted molar refractivity (Wildman–Crippen MR) is 148 cm³/mol. The molecule has 2 saturated heterocycles. The van der Waals surface area contributed by atoms with Crippen LogP contribution in [0.3, 0.4) is 0 Å². The third-order valence-electron chi connectivity index (χ3n) is 8.06. The molecule has 2 fully saturated rings. The third kappa shape index (κ3) is 5.11. The highest BCUT2D eigenvalue weighted by Crippen LogP contribution is 2.42. The SMILES string of the molecule is CN(C)CCN1C=C(OC[C@@H]2C[C@@H](F)CN2C)Oc2cc(B3OC(C)(C)C(C)(C)O3)c(Cl)c3c2C1=NCN3. The van der Waals surface area contributed by atoms with E-state index in [9.17, 15) is 4.39 Å². The number of hydrogen-bond acceptors (Lipinski definition) is 9. The molecule has 1 aromatic carbocycles. The molecule has 9 nitrogen and oxygen atoms in total. The summed E-state index contributed by atoms with van der Waals surface area (Å²) in [5.41, 5.74) is 1.11. The van der Waals surface area contributed by atoms with E-state index in [0.29, 0.717) is 55.0 Å². The predicted octanol–water partition coefficient (Wildman–Crippen LogP) is 2.88. The van der Waals surface area contributed by atoms with E-state index in [2.05, 4.69) is 10.2 Å². The Morgan fingerprint density at radius 2 is 1.97 bits per heavy atom. The lowest BCUT2D eigenvalue weighted by Gasteiger charge is -2.32. The number of alkyl halides is 1. The molecule has 0 aromatic heterocycles. The van der Waals surface area contributed by atoms with E-state index >= 15 is 0 Å². The molecule has 0 saturated carbocycles. The Labute approximate surface area is 230 Å². The number of aliphatic imine (C=N–C) groups is 1. The minimum Gasteiger partial charge on any atom is -0.462 e. The zero-order chi connectivity index (χ0) is 27.4. The van der Waals surface area contributed by atoms with Gasteiger partial charge in [0.15, 0.2) is 0 Å². The molecule has 208 valence electrons. The Balaban J connectivity index is 1.51. The summed E-state index contributed by atoms with van der Waals surface area (Å²) in [5.74, 6) is 1.61. The summed E-state index contributed by atoms with van der Waals surface area (Å²) in [6.45, 7) is 10.6. The molecule has 0 aliphatic carbocycles. The van der Waals surface area contributed by atoms with Gasteiger partial charge in [0, 0.05) is 31.1 Å². The van der Waals surface area contributed by atoms with E-state index in [0.717, 1.165) is 23.6 Å². The van der Waals surface area contributed by atoms with Crippen molar-refractivity contribution in [3.8, 4) is 5.75 Å². The molecule has 1 N–H and O–H groups in total. The molecule has 4 aliphatic rings. The van der Waals surface area contributed by atoms with Crippen LogP contribution in [0.15, 0.2) is 23.2 Å². The van der Waals surface area contributed by atoms with E-state index in [1.54, 1.807) is 0 Å². The minimum atomic E-state index is -0.846. The van der Waals surface area contributed by atoms with Gasteiger partial charge >= 0.3 is 13.1 Å². The van der Waals surface area contributed by atoms with E-state index in [1.807, 2.05) is 70.9 Å². The summed E-state index contributed by atoms with van der Waals surface area (Å²) < 4.78 is 39.2. The molecule has 38 heavy (non-hydrogen) atoms. The fraction of sp³-hybridized carbons (Fsp3) is 0.654. The van der Waals surface area contributed by atoms with Gasteiger partial charge < -0.3 is 33.9 Å². The van der Waals surface area contributed by atoms with Crippen molar-refractivity contribution in [1.82, 2.24) is 14.7 Å². The summed E-state index contributed by atoms with van der Waals surface area (Å²) in [5, 5.41) is 3.84. The van der Waals surface area contributed by atoms with Crippen molar-refractivity contribution in [3.63, 3.8) is 0 Å². The first-order valence-corrected chi connectivity index (χ1v) is 13.5. The molecule has 0 spiro atoms.